The van der Waals surface area contributed by atoms with Gasteiger partial charge in [-0.25, -0.2) is 0 Å². The Bertz CT molecular complexity index is 411. The number of hydrogen-bond acceptors (Lipinski definition) is 4. The van der Waals surface area contributed by atoms with Gasteiger partial charge in [0.1, 0.15) is 0 Å². The summed E-state index contributed by atoms with van der Waals surface area (Å²) in [7, 11) is 0. The molecule has 18 heavy (non-hydrogen) atoms. The van der Waals surface area contributed by atoms with Crippen molar-refractivity contribution >= 4 is 22.6 Å². The molecule has 2 heterocycles. The highest BCUT2D eigenvalue weighted by atomic mass is 32.1. The number of nitrogens with zero attached hydrogens (tertiary/aromatic N) is 2. The molecular weight excluding hydrogens is 265 g/mol. The summed E-state index contributed by atoms with van der Waals surface area (Å²) in [6.07, 6.45) is -3.34. The molecule has 1 aliphatic rings. The maximum atomic E-state index is 12.2. The lowest BCUT2D eigenvalue weighted by molar-refractivity contribution is -0.146. The van der Waals surface area contributed by atoms with Crippen LogP contribution in [-0.2, 0) is 0 Å². The molecule has 0 atom stereocenters. The van der Waals surface area contributed by atoms with Crippen molar-refractivity contribution in [1.29, 1.82) is 0 Å². The number of anilines is 1. The van der Waals surface area contributed by atoms with Crippen LogP contribution in [0.3, 0.4) is 0 Å². The minimum absolute atomic E-state index is 0.397. The van der Waals surface area contributed by atoms with Crippen molar-refractivity contribution in [1.82, 2.24) is 4.90 Å². The molecule has 1 fully saturated rings. The Hall–Kier alpha value is -1.08. The van der Waals surface area contributed by atoms with Crippen LogP contribution in [0.5, 0.6) is 0 Å². The van der Waals surface area contributed by atoms with Crippen LogP contribution >= 0.6 is 11.3 Å². The molecule has 0 spiro atoms. The number of halogens is 3. The third-order valence-corrected chi connectivity index (χ3v) is 3.89. The van der Waals surface area contributed by atoms with Crippen LogP contribution < -0.4 is 4.90 Å². The number of carbonyl (C=O) groups is 1. The Morgan fingerprint density at radius 3 is 2.39 bits per heavy atom. The summed E-state index contributed by atoms with van der Waals surface area (Å²) in [6, 6.07) is 3.57. The van der Waals surface area contributed by atoms with E-state index in [2.05, 4.69) is 0 Å². The number of hydrogen-bond donors (Lipinski definition) is 0. The lowest BCUT2D eigenvalue weighted by Gasteiger charge is -2.35. The molecule has 7 heteroatoms. The van der Waals surface area contributed by atoms with Crippen LogP contribution in [0, 0.1) is 0 Å². The zero-order valence-electron chi connectivity index (χ0n) is 9.61. The van der Waals surface area contributed by atoms with Gasteiger partial charge in [-0.3, -0.25) is 9.69 Å². The summed E-state index contributed by atoms with van der Waals surface area (Å²) in [5.41, 5.74) is 0. The monoisotopic (exact) mass is 278 g/mol. The molecule has 0 aromatic carbocycles. The highest BCUT2D eigenvalue weighted by Crippen LogP contribution is 2.26. The van der Waals surface area contributed by atoms with Gasteiger partial charge in [0.05, 0.1) is 16.4 Å². The molecular formula is C11H13F3N2OS. The fraction of sp³-hybridized carbons (Fsp3) is 0.545. The lowest BCUT2D eigenvalue weighted by Crippen LogP contribution is -2.49. The summed E-state index contributed by atoms with van der Waals surface area (Å²) >= 11 is 1.37. The van der Waals surface area contributed by atoms with E-state index >= 15 is 0 Å². The predicted octanol–water partition coefficient (Wildman–Crippen LogP) is 2.24. The summed E-state index contributed by atoms with van der Waals surface area (Å²) in [4.78, 5) is 14.6. The average molecular weight is 278 g/mol. The quantitative estimate of drug-likeness (QED) is 0.792. The van der Waals surface area contributed by atoms with Gasteiger partial charge < -0.3 is 4.90 Å². The molecule has 0 amide bonds. The molecule has 100 valence electrons. The number of rotatable bonds is 3. The Labute approximate surface area is 107 Å². The van der Waals surface area contributed by atoms with Gasteiger partial charge in [-0.1, -0.05) is 0 Å². The third kappa shape index (κ3) is 3.46. The van der Waals surface area contributed by atoms with Crippen molar-refractivity contribution in [3.8, 4) is 0 Å². The van der Waals surface area contributed by atoms with Gasteiger partial charge in [0.25, 0.3) is 0 Å². The van der Waals surface area contributed by atoms with E-state index in [-0.39, 0.29) is 0 Å². The molecule has 0 aliphatic carbocycles. The molecule has 0 N–H and O–H groups in total. The second-order valence-electron chi connectivity index (χ2n) is 4.17. The molecule has 1 saturated heterocycles. The minimum atomic E-state index is -4.13. The number of carbonyl (C=O) groups excluding carboxylic acids is 1. The summed E-state index contributed by atoms with van der Waals surface area (Å²) in [5, 5.41) is 0.948. The molecule has 1 aromatic heterocycles. The van der Waals surface area contributed by atoms with Crippen LogP contribution in [0.2, 0.25) is 0 Å². The summed E-state index contributed by atoms with van der Waals surface area (Å²) in [6.45, 7) is 1.08. The third-order valence-electron chi connectivity index (χ3n) is 2.82. The van der Waals surface area contributed by atoms with Crippen LogP contribution in [0.15, 0.2) is 12.1 Å². The van der Waals surface area contributed by atoms with Gasteiger partial charge in [-0.15, -0.1) is 11.3 Å². The van der Waals surface area contributed by atoms with E-state index in [1.807, 2.05) is 11.0 Å². The van der Waals surface area contributed by atoms with Crippen molar-refractivity contribution < 1.29 is 18.0 Å². The topological polar surface area (TPSA) is 23.6 Å². The number of alkyl halides is 3. The molecule has 2 rings (SSSR count). The van der Waals surface area contributed by atoms with Crippen molar-refractivity contribution in [3.05, 3.63) is 17.0 Å². The van der Waals surface area contributed by atoms with Gasteiger partial charge >= 0.3 is 6.18 Å². The molecule has 0 radical (unpaired) electrons. The van der Waals surface area contributed by atoms with Crippen LogP contribution in [0.25, 0.3) is 0 Å². The Morgan fingerprint density at radius 2 is 1.89 bits per heavy atom. The standard InChI is InChI=1S/C11H13F3N2OS/c12-11(13,14)8-15-3-5-16(6-4-15)10-2-1-9(7-17)18-10/h1-2,7H,3-6,8H2. The molecule has 0 saturated carbocycles. The van der Waals surface area contributed by atoms with Crippen molar-refractivity contribution in [2.24, 2.45) is 0 Å². The van der Waals surface area contributed by atoms with Crippen molar-refractivity contribution in [2.75, 3.05) is 37.6 Å². The first-order valence-corrected chi connectivity index (χ1v) is 6.39. The van der Waals surface area contributed by atoms with E-state index in [4.69, 9.17) is 0 Å². The van der Waals surface area contributed by atoms with E-state index in [1.165, 1.54) is 16.2 Å². The normalized spacial score (nSPS) is 18.1. The van der Waals surface area contributed by atoms with Crippen molar-refractivity contribution in [3.63, 3.8) is 0 Å². The molecule has 1 aliphatic heterocycles. The van der Waals surface area contributed by atoms with Crippen molar-refractivity contribution in [2.45, 2.75) is 6.18 Å². The molecule has 1 aromatic rings. The van der Waals surface area contributed by atoms with E-state index in [0.717, 1.165) is 11.3 Å². The highest BCUT2D eigenvalue weighted by Gasteiger charge is 2.32. The Balaban J connectivity index is 1.88. The second kappa shape index (κ2) is 5.27. The van der Waals surface area contributed by atoms with Crippen LogP contribution in [0.1, 0.15) is 9.67 Å². The maximum absolute atomic E-state index is 12.2. The highest BCUT2D eigenvalue weighted by molar-refractivity contribution is 7.17. The SMILES string of the molecule is O=Cc1ccc(N2CCN(CC(F)(F)F)CC2)s1. The van der Waals surface area contributed by atoms with Gasteiger partial charge in [-0.05, 0) is 12.1 Å². The van der Waals surface area contributed by atoms with E-state index in [9.17, 15) is 18.0 Å². The van der Waals surface area contributed by atoms with Gasteiger partial charge in [0, 0.05) is 26.2 Å². The first kappa shape index (κ1) is 13.4. The zero-order chi connectivity index (χ0) is 13.2. The second-order valence-corrected chi connectivity index (χ2v) is 5.27. The smallest absolute Gasteiger partial charge is 0.361 e. The van der Waals surface area contributed by atoms with E-state index in [1.54, 1.807) is 6.07 Å². The summed E-state index contributed by atoms with van der Waals surface area (Å²) < 4.78 is 36.7. The number of aldehydes is 1. The first-order chi connectivity index (χ1) is 8.48. The number of thiophene rings is 1. The van der Waals surface area contributed by atoms with Gasteiger partial charge in [0.15, 0.2) is 6.29 Å². The number of piperazine rings is 1. The summed E-state index contributed by atoms with van der Waals surface area (Å²) in [5.74, 6) is 0. The van der Waals surface area contributed by atoms with Crippen LogP contribution in [-0.4, -0.2) is 50.1 Å². The maximum Gasteiger partial charge on any atom is 0.401 e. The zero-order valence-corrected chi connectivity index (χ0v) is 10.4. The van der Waals surface area contributed by atoms with E-state index in [0.29, 0.717) is 31.1 Å². The first-order valence-electron chi connectivity index (χ1n) is 5.57. The lowest BCUT2D eigenvalue weighted by atomic mass is 10.3. The fourth-order valence-electron chi connectivity index (χ4n) is 1.96. The largest absolute Gasteiger partial charge is 0.401 e. The Kier molecular flexibility index (Phi) is 3.91. The fourth-order valence-corrected chi connectivity index (χ4v) is 2.83. The van der Waals surface area contributed by atoms with Crippen LogP contribution in [0.4, 0.5) is 18.2 Å². The molecule has 0 bridgehead atoms. The molecule has 3 nitrogen and oxygen atoms in total. The van der Waals surface area contributed by atoms with Gasteiger partial charge in [-0.2, -0.15) is 13.2 Å². The Morgan fingerprint density at radius 1 is 1.22 bits per heavy atom. The predicted molar refractivity (Wildman–Crippen MR) is 64.4 cm³/mol. The van der Waals surface area contributed by atoms with E-state index < -0.39 is 12.7 Å². The van der Waals surface area contributed by atoms with Gasteiger partial charge in [0.2, 0.25) is 0 Å². The molecule has 0 unspecified atom stereocenters. The minimum Gasteiger partial charge on any atom is -0.361 e. The average Bonchev–Trinajstić information content (AvgIpc) is 2.76.